The molecule has 0 bridgehead atoms. The Labute approximate surface area is 279 Å². The van der Waals surface area contributed by atoms with Crippen molar-refractivity contribution in [2.45, 2.75) is 70.8 Å². The molecule has 1 aliphatic carbocycles. The van der Waals surface area contributed by atoms with Crippen LogP contribution >= 0.6 is 0 Å². The Morgan fingerprint density at radius 3 is 2.06 bits per heavy atom. The Balaban J connectivity index is 1.50. The molecule has 14 nitrogen and oxygen atoms in total. The first-order chi connectivity index (χ1) is 22.6. The molecule has 262 valence electrons. The van der Waals surface area contributed by atoms with Gasteiger partial charge in [0.05, 0.1) is 45.5 Å². The first-order valence-electron chi connectivity index (χ1n) is 15.7. The van der Waals surface area contributed by atoms with Crippen LogP contribution in [0, 0.1) is 11.8 Å². The number of ether oxygens (including phenoxy) is 8. The minimum Gasteiger partial charge on any atom is -0.502 e. The normalized spacial score (nSPS) is 21.7. The molecule has 3 N–H and O–H groups in total. The predicted molar refractivity (Wildman–Crippen MR) is 170 cm³/mol. The summed E-state index contributed by atoms with van der Waals surface area (Å²) in [7, 11) is 2.86. The molecule has 2 heterocycles. The van der Waals surface area contributed by atoms with E-state index in [4.69, 9.17) is 37.9 Å². The van der Waals surface area contributed by atoms with E-state index < -0.39 is 59.3 Å². The first kappa shape index (κ1) is 34.7. The van der Waals surface area contributed by atoms with Crippen molar-refractivity contribution in [1.82, 2.24) is 10.6 Å². The Bertz CT molecular complexity index is 1520. The average molecular weight is 673 g/mol. The predicted octanol–water partition coefficient (Wildman–Crippen LogP) is 4.55. The van der Waals surface area contributed by atoms with Crippen molar-refractivity contribution in [2.24, 2.45) is 11.8 Å². The molecule has 48 heavy (non-hydrogen) atoms. The molecule has 1 saturated heterocycles. The Morgan fingerprint density at radius 1 is 0.896 bits per heavy atom. The van der Waals surface area contributed by atoms with Gasteiger partial charge in [0, 0.05) is 18.4 Å². The number of amides is 2. The molecule has 1 unspecified atom stereocenters. The fraction of sp³-hybridized carbons (Fsp3) is 0.559. The SMILES string of the molecule is COc1cc([C@@H]2c3cc4c(cc3[C@@H](OCC(CNC(=O)OC(C)(C)C)NC(=O)OC(C)(C)C)[C@H]3COC(=O)[C@H]23)OCO4)cc(OC)c1O. The third-order valence-corrected chi connectivity index (χ3v) is 8.07. The lowest BCUT2D eigenvalue weighted by Crippen LogP contribution is -2.49. The molecule has 5 atom stereocenters. The lowest BCUT2D eigenvalue weighted by atomic mass is 9.66. The number of carbonyl (C=O) groups excluding carboxylic acids is 3. The number of carbonyl (C=O) groups is 3. The molecule has 0 radical (unpaired) electrons. The number of benzene rings is 2. The highest BCUT2D eigenvalue weighted by Crippen LogP contribution is 2.56. The van der Waals surface area contributed by atoms with E-state index in [1.54, 1.807) is 53.7 Å². The second-order valence-electron chi connectivity index (χ2n) is 13.9. The number of rotatable bonds is 9. The summed E-state index contributed by atoms with van der Waals surface area (Å²) < 4.78 is 45.4. The van der Waals surface area contributed by atoms with Crippen molar-refractivity contribution in [3.05, 3.63) is 41.0 Å². The van der Waals surface area contributed by atoms with Gasteiger partial charge in [-0.25, -0.2) is 9.59 Å². The number of nitrogens with one attached hydrogen (secondary N) is 2. The van der Waals surface area contributed by atoms with E-state index in [1.807, 2.05) is 12.1 Å². The quantitative estimate of drug-likeness (QED) is 0.251. The van der Waals surface area contributed by atoms with E-state index in [0.717, 1.165) is 11.1 Å². The maximum absolute atomic E-state index is 13.5. The number of fused-ring (bicyclic) bond motifs is 3. The summed E-state index contributed by atoms with van der Waals surface area (Å²) in [6, 6.07) is 6.25. The van der Waals surface area contributed by atoms with E-state index in [1.165, 1.54) is 14.2 Å². The molecule has 14 heteroatoms. The molecule has 2 aromatic rings. The van der Waals surface area contributed by atoms with Gasteiger partial charge in [0.2, 0.25) is 12.5 Å². The van der Waals surface area contributed by atoms with Crippen molar-refractivity contribution >= 4 is 18.2 Å². The van der Waals surface area contributed by atoms with Crippen LogP contribution in [0.3, 0.4) is 0 Å². The van der Waals surface area contributed by atoms with Crippen molar-refractivity contribution in [1.29, 1.82) is 0 Å². The minimum atomic E-state index is -0.762. The minimum absolute atomic E-state index is 0.0301. The molecule has 2 aromatic carbocycles. The van der Waals surface area contributed by atoms with Crippen LogP contribution in [0.2, 0.25) is 0 Å². The largest absolute Gasteiger partial charge is 0.502 e. The zero-order chi connectivity index (χ0) is 35.0. The summed E-state index contributed by atoms with van der Waals surface area (Å²) in [5.41, 5.74) is 0.620. The number of hydrogen-bond acceptors (Lipinski definition) is 12. The monoisotopic (exact) mass is 672 g/mol. The summed E-state index contributed by atoms with van der Waals surface area (Å²) in [6.07, 6.45) is -2.04. The number of cyclic esters (lactones) is 1. The van der Waals surface area contributed by atoms with Gasteiger partial charge in [0.1, 0.15) is 11.2 Å². The highest BCUT2D eigenvalue weighted by Gasteiger charge is 2.53. The number of hydrogen-bond donors (Lipinski definition) is 3. The smallest absolute Gasteiger partial charge is 0.408 e. The molecule has 1 fully saturated rings. The first-order valence-corrected chi connectivity index (χ1v) is 15.7. The second-order valence-corrected chi connectivity index (χ2v) is 13.9. The number of methoxy groups -OCH3 is 2. The standard InChI is InChI=1S/C34H44N2O12/c1-33(2,3)47-31(39)35-13-18(36-32(40)48-34(4,5)6)14-43-29-20-12-23-22(45-16-46-23)11-19(20)26(27-21(29)15-44-30(27)38)17-9-24(41-7)28(37)25(10-17)42-8/h9-12,18,21,26-27,29,37H,13-16H2,1-8H3,(H,35,39)(H,36,40)/t18?,21-,26+,27-,29+/m0/s1. The molecule has 0 spiro atoms. The maximum atomic E-state index is 13.5. The van der Waals surface area contributed by atoms with E-state index in [-0.39, 0.29) is 43.8 Å². The van der Waals surface area contributed by atoms with Crippen LogP contribution in [0.4, 0.5) is 9.59 Å². The number of alkyl carbamates (subject to hydrolysis) is 2. The van der Waals surface area contributed by atoms with Gasteiger partial charge in [-0.15, -0.1) is 0 Å². The van der Waals surface area contributed by atoms with Crippen LogP contribution in [-0.2, 0) is 23.7 Å². The average Bonchev–Trinajstić information content (AvgIpc) is 3.61. The van der Waals surface area contributed by atoms with Gasteiger partial charge in [-0.3, -0.25) is 4.79 Å². The van der Waals surface area contributed by atoms with E-state index in [2.05, 4.69) is 10.6 Å². The number of phenols is 1. The summed E-state index contributed by atoms with van der Waals surface area (Å²) in [5, 5.41) is 16.1. The van der Waals surface area contributed by atoms with E-state index >= 15 is 0 Å². The van der Waals surface area contributed by atoms with Crippen molar-refractivity contribution in [3.8, 4) is 28.7 Å². The van der Waals surface area contributed by atoms with Crippen LogP contribution in [0.1, 0.15) is 70.3 Å². The van der Waals surface area contributed by atoms with Crippen LogP contribution in [-0.4, -0.2) is 81.3 Å². The Hall–Kier alpha value is -4.59. The maximum Gasteiger partial charge on any atom is 0.408 e. The van der Waals surface area contributed by atoms with Crippen LogP contribution < -0.4 is 29.6 Å². The number of phenolic OH excluding ortho intramolecular Hbond substituents is 1. The molecule has 2 amide bonds. The van der Waals surface area contributed by atoms with Crippen LogP contribution in [0.15, 0.2) is 24.3 Å². The van der Waals surface area contributed by atoms with Gasteiger partial charge in [0.25, 0.3) is 0 Å². The fourth-order valence-electron chi connectivity index (χ4n) is 6.19. The van der Waals surface area contributed by atoms with E-state index in [0.29, 0.717) is 17.1 Å². The molecular formula is C34H44N2O12. The highest BCUT2D eigenvalue weighted by molar-refractivity contribution is 5.79. The van der Waals surface area contributed by atoms with Gasteiger partial charge in [-0.2, -0.15) is 0 Å². The van der Waals surface area contributed by atoms with Crippen molar-refractivity contribution < 1.29 is 57.4 Å². The van der Waals surface area contributed by atoms with E-state index in [9.17, 15) is 19.5 Å². The van der Waals surface area contributed by atoms with Gasteiger partial charge < -0.3 is 53.6 Å². The summed E-state index contributed by atoms with van der Waals surface area (Å²) >= 11 is 0. The molecule has 2 aliphatic heterocycles. The van der Waals surface area contributed by atoms with Gasteiger partial charge in [0.15, 0.2) is 23.0 Å². The lowest BCUT2D eigenvalue weighted by molar-refractivity contribution is -0.141. The summed E-state index contributed by atoms with van der Waals surface area (Å²) in [4.78, 5) is 38.8. The third-order valence-electron chi connectivity index (χ3n) is 8.07. The molecule has 3 aliphatic rings. The van der Waals surface area contributed by atoms with Crippen molar-refractivity contribution in [2.75, 3.05) is 40.8 Å². The molecular weight excluding hydrogens is 628 g/mol. The molecule has 0 saturated carbocycles. The van der Waals surface area contributed by atoms with Crippen molar-refractivity contribution in [3.63, 3.8) is 0 Å². The Kier molecular flexibility index (Phi) is 9.77. The fourth-order valence-corrected chi connectivity index (χ4v) is 6.19. The van der Waals surface area contributed by atoms with Gasteiger partial charge >= 0.3 is 18.2 Å². The zero-order valence-corrected chi connectivity index (χ0v) is 28.5. The Morgan fingerprint density at radius 2 is 1.48 bits per heavy atom. The highest BCUT2D eigenvalue weighted by atomic mass is 16.7. The van der Waals surface area contributed by atoms with Gasteiger partial charge in [-0.1, -0.05) is 0 Å². The molecule has 0 aromatic heterocycles. The molecule has 5 rings (SSSR count). The number of aromatic hydroxyl groups is 1. The van der Waals surface area contributed by atoms with Gasteiger partial charge in [-0.05, 0) is 82.5 Å². The zero-order valence-electron chi connectivity index (χ0n) is 28.5. The third kappa shape index (κ3) is 7.59. The van der Waals surface area contributed by atoms with Crippen LogP contribution in [0.5, 0.6) is 28.7 Å². The summed E-state index contributed by atoms with van der Waals surface area (Å²) in [6.45, 7) is 10.5. The topological polar surface area (TPSA) is 169 Å². The second kappa shape index (κ2) is 13.5. The van der Waals surface area contributed by atoms with Crippen LogP contribution in [0.25, 0.3) is 0 Å². The summed E-state index contributed by atoms with van der Waals surface area (Å²) in [5.74, 6) is -0.901. The lowest BCUT2D eigenvalue weighted by Gasteiger charge is -2.39. The number of esters is 1.